The van der Waals surface area contributed by atoms with E-state index >= 15 is 0 Å². The standard InChI is InChI=1S/C20H22ClN5O2/c21-17-6-4-14(26-11-8-22-20(26)28)12-16(17)19(27)24-18-7-5-15(13-23-18)25-9-2-1-3-10-25/h4-7,12-13H,1-3,8-11H2,(H,22,28)(H,23,24,27). The Balaban J connectivity index is 1.48. The summed E-state index contributed by atoms with van der Waals surface area (Å²) in [5.41, 5.74) is 2.01. The fourth-order valence-corrected chi connectivity index (χ4v) is 3.76. The summed E-state index contributed by atoms with van der Waals surface area (Å²) in [6.07, 6.45) is 5.45. The summed E-state index contributed by atoms with van der Waals surface area (Å²) in [5, 5.41) is 5.85. The second-order valence-corrected chi connectivity index (χ2v) is 7.36. The van der Waals surface area contributed by atoms with Crippen LogP contribution in [0, 0.1) is 0 Å². The highest BCUT2D eigenvalue weighted by Gasteiger charge is 2.23. The summed E-state index contributed by atoms with van der Waals surface area (Å²) in [6, 6.07) is 8.59. The Morgan fingerprint density at radius 1 is 1.07 bits per heavy atom. The van der Waals surface area contributed by atoms with Crippen LogP contribution in [0.5, 0.6) is 0 Å². The van der Waals surface area contributed by atoms with Crippen LogP contribution < -0.4 is 20.4 Å². The number of rotatable bonds is 4. The molecule has 0 bridgehead atoms. The fraction of sp³-hybridized carbons (Fsp3) is 0.350. The van der Waals surface area contributed by atoms with Gasteiger partial charge in [0.05, 0.1) is 22.5 Å². The van der Waals surface area contributed by atoms with E-state index < -0.39 is 0 Å². The van der Waals surface area contributed by atoms with E-state index in [0.717, 1.165) is 18.8 Å². The number of hydrogen-bond acceptors (Lipinski definition) is 4. The normalized spacial score (nSPS) is 16.8. The van der Waals surface area contributed by atoms with Crippen LogP contribution in [0.4, 0.5) is 22.0 Å². The van der Waals surface area contributed by atoms with Crippen LogP contribution in [0.25, 0.3) is 0 Å². The maximum atomic E-state index is 12.7. The Hall–Kier alpha value is -2.80. The smallest absolute Gasteiger partial charge is 0.321 e. The molecule has 2 aromatic rings. The van der Waals surface area contributed by atoms with E-state index in [1.807, 2.05) is 6.07 Å². The van der Waals surface area contributed by atoms with Gasteiger partial charge in [-0.3, -0.25) is 9.69 Å². The molecular weight excluding hydrogens is 378 g/mol. The van der Waals surface area contributed by atoms with E-state index in [9.17, 15) is 9.59 Å². The molecule has 2 aliphatic rings. The van der Waals surface area contributed by atoms with Gasteiger partial charge in [0, 0.05) is 31.9 Å². The van der Waals surface area contributed by atoms with Crippen LogP contribution in [0.1, 0.15) is 29.6 Å². The summed E-state index contributed by atoms with van der Waals surface area (Å²) in [6.45, 7) is 3.22. The highest BCUT2D eigenvalue weighted by Crippen LogP contribution is 2.26. The topological polar surface area (TPSA) is 77.6 Å². The zero-order valence-corrected chi connectivity index (χ0v) is 16.2. The molecule has 146 valence electrons. The lowest BCUT2D eigenvalue weighted by molar-refractivity contribution is 0.102. The maximum Gasteiger partial charge on any atom is 0.321 e. The minimum absolute atomic E-state index is 0.177. The number of aromatic nitrogens is 1. The molecule has 3 amide bonds. The monoisotopic (exact) mass is 399 g/mol. The quantitative estimate of drug-likeness (QED) is 0.824. The Morgan fingerprint density at radius 2 is 1.86 bits per heavy atom. The van der Waals surface area contributed by atoms with E-state index in [1.165, 1.54) is 19.3 Å². The van der Waals surface area contributed by atoms with Gasteiger partial charge in [-0.1, -0.05) is 11.6 Å². The van der Waals surface area contributed by atoms with Crippen LogP contribution in [0.2, 0.25) is 5.02 Å². The van der Waals surface area contributed by atoms with Gasteiger partial charge in [-0.25, -0.2) is 9.78 Å². The number of anilines is 3. The number of pyridine rings is 1. The Bertz CT molecular complexity index is 881. The molecule has 0 spiro atoms. The van der Waals surface area contributed by atoms with Crippen molar-refractivity contribution in [3.63, 3.8) is 0 Å². The number of urea groups is 1. The van der Waals surface area contributed by atoms with E-state index in [1.54, 1.807) is 35.4 Å². The van der Waals surface area contributed by atoms with Gasteiger partial charge in [0.1, 0.15) is 5.82 Å². The van der Waals surface area contributed by atoms with Crippen molar-refractivity contribution in [1.82, 2.24) is 10.3 Å². The lowest BCUT2D eigenvalue weighted by atomic mass is 10.1. The highest BCUT2D eigenvalue weighted by molar-refractivity contribution is 6.34. The average molecular weight is 400 g/mol. The van der Waals surface area contributed by atoms with Crippen molar-refractivity contribution in [2.24, 2.45) is 0 Å². The second-order valence-electron chi connectivity index (χ2n) is 6.95. The van der Waals surface area contributed by atoms with Gasteiger partial charge >= 0.3 is 6.03 Å². The number of benzene rings is 1. The molecule has 2 aliphatic heterocycles. The molecule has 0 saturated carbocycles. The van der Waals surface area contributed by atoms with E-state index in [2.05, 4.69) is 20.5 Å². The maximum absolute atomic E-state index is 12.7. The largest absolute Gasteiger partial charge is 0.370 e. The molecule has 0 atom stereocenters. The van der Waals surface area contributed by atoms with Crippen LogP contribution in [0.15, 0.2) is 36.5 Å². The number of carbonyl (C=O) groups is 2. The molecule has 0 unspecified atom stereocenters. The Kier molecular flexibility index (Phi) is 5.34. The first kappa shape index (κ1) is 18.6. The lowest BCUT2D eigenvalue weighted by Crippen LogP contribution is -2.29. The Labute approximate surface area is 168 Å². The number of halogens is 1. The zero-order valence-electron chi connectivity index (χ0n) is 15.4. The first-order chi connectivity index (χ1) is 13.6. The van der Waals surface area contributed by atoms with Crippen molar-refractivity contribution in [2.45, 2.75) is 19.3 Å². The van der Waals surface area contributed by atoms with Gasteiger partial charge in [-0.05, 0) is 49.6 Å². The number of hydrogen-bond donors (Lipinski definition) is 2. The van der Waals surface area contributed by atoms with Gasteiger partial charge < -0.3 is 15.5 Å². The first-order valence-corrected chi connectivity index (χ1v) is 9.87. The third kappa shape index (κ3) is 3.89. The molecule has 2 fully saturated rings. The second kappa shape index (κ2) is 8.06. The summed E-state index contributed by atoms with van der Waals surface area (Å²) >= 11 is 6.22. The summed E-state index contributed by atoms with van der Waals surface area (Å²) < 4.78 is 0. The lowest BCUT2D eigenvalue weighted by Gasteiger charge is -2.28. The number of amides is 3. The van der Waals surface area contributed by atoms with Crippen molar-refractivity contribution in [3.8, 4) is 0 Å². The number of nitrogens with one attached hydrogen (secondary N) is 2. The molecule has 4 rings (SSSR count). The van der Waals surface area contributed by atoms with Crippen molar-refractivity contribution < 1.29 is 9.59 Å². The molecule has 28 heavy (non-hydrogen) atoms. The highest BCUT2D eigenvalue weighted by atomic mass is 35.5. The van der Waals surface area contributed by atoms with Crippen molar-refractivity contribution in [2.75, 3.05) is 41.3 Å². The number of carbonyl (C=O) groups excluding carboxylic acids is 2. The zero-order chi connectivity index (χ0) is 19.5. The van der Waals surface area contributed by atoms with Gasteiger partial charge in [-0.2, -0.15) is 0 Å². The SMILES string of the molecule is O=C(Nc1ccc(N2CCCCC2)cn1)c1cc(N2CCNC2=O)ccc1Cl. The van der Waals surface area contributed by atoms with Crippen molar-refractivity contribution >= 4 is 40.7 Å². The minimum atomic E-state index is -0.357. The van der Waals surface area contributed by atoms with Crippen molar-refractivity contribution in [1.29, 1.82) is 0 Å². The van der Waals surface area contributed by atoms with Crippen molar-refractivity contribution in [3.05, 3.63) is 47.1 Å². The average Bonchev–Trinajstić information content (AvgIpc) is 3.15. The fourth-order valence-electron chi connectivity index (χ4n) is 3.56. The summed E-state index contributed by atoms with van der Waals surface area (Å²) in [7, 11) is 0. The third-order valence-electron chi connectivity index (χ3n) is 5.07. The van der Waals surface area contributed by atoms with Crippen LogP contribution in [0.3, 0.4) is 0 Å². The predicted molar refractivity (Wildman–Crippen MR) is 110 cm³/mol. The molecule has 1 aromatic carbocycles. The molecule has 2 saturated heterocycles. The van der Waals surface area contributed by atoms with E-state index in [4.69, 9.17) is 11.6 Å². The Morgan fingerprint density at radius 3 is 2.54 bits per heavy atom. The van der Waals surface area contributed by atoms with Gasteiger partial charge in [-0.15, -0.1) is 0 Å². The molecule has 0 aliphatic carbocycles. The summed E-state index contributed by atoms with van der Waals surface area (Å²) in [4.78, 5) is 32.8. The molecule has 3 heterocycles. The van der Waals surface area contributed by atoms with Gasteiger partial charge in [0.25, 0.3) is 5.91 Å². The number of piperidine rings is 1. The third-order valence-corrected chi connectivity index (χ3v) is 5.40. The number of nitrogens with zero attached hydrogens (tertiary/aromatic N) is 3. The molecule has 8 heteroatoms. The molecule has 1 aromatic heterocycles. The van der Waals surface area contributed by atoms with E-state index in [0.29, 0.717) is 35.2 Å². The molecule has 2 N–H and O–H groups in total. The minimum Gasteiger partial charge on any atom is -0.370 e. The molecule has 7 nitrogen and oxygen atoms in total. The van der Waals surface area contributed by atoms with Gasteiger partial charge in [0.15, 0.2) is 0 Å². The summed E-state index contributed by atoms with van der Waals surface area (Å²) in [5.74, 6) is 0.107. The molecular formula is C20H22ClN5O2. The molecule has 0 radical (unpaired) electrons. The van der Waals surface area contributed by atoms with Crippen LogP contribution in [-0.2, 0) is 0 Å². The van der Waals surface area contributed by atoms with E-state index in [-0.39, 0.29) is 11.9 Å². The van der Waals surface area contributed by atoms with Crippen LogP contribution in [-0.4, -0.2) is 43.1 Å². The van der Waals surface area contributed by atoms with Gasteiger partial charge in [0.2, 0.25) is 0 Å². The predicted octanol–water partition coefficient (Wildman–Crippen LogP) is 3.51. The van der Waals surface area contributed by atoms with Crippen LogP contribution >= 0.6 is 11.6 Å². The first-order valence-electron chi connectivity index (χ1n) is 9.49.